The Morgan fingerprint density at radius 2 is 1.34 bits per heavy atom. The zero-order chi connectivity index (χ0) is 42.8. The van der Waals surface area contributed by atoms with E-state index in [1.54, 1.807) is 0 Å². The molecule has 10 heteroatoms. The van der Waals surface area contributed by atoms with E-state index in [4.69, 9.17) is 24.7 Å². The molecule has 332 valence electrons. The first kappa shape index (κ1) is 48.0. The molecule has 5 aliphatic rings. The number of aliphatic imine (C=N–C) groups is 3. The Bertz CT molecular complexity index is 2190. The van der Waals surface area contributed by atoms with E-state index in [0.29, 0.717) is 46.3 Å². The maximum Gasteiger partial charge on any atom is 2.00 e. The topological polar surface area (TPSA) is 138 Å². The van der Waals surface area contributed by atoms with Crippen LogP contribution in [0.25, 0.3) is 17.4 Å². The molecule has 0 amide bonds. The van der Waals surface area contributed by atoms with Gasteiger partial charge in [0.25, 0.3) is 0 Å². The number of allylic oxidation sites excluding steroid dienone is 6. The van der Waals surface area contributed by atoms with Crippen LogP contribution in [0.5, 0.6) is 0 Å². The predicted octanol–water partition coefficient (Wildman–Crippen LogP) is 10.2. The standard InChI is InChI=1S/C51H70N4O5.Ni/c1-7-9-10-11-12-13-14-15-16-17-18-19-20-21-22-23-24-25-47(59)60-51-35(6)42-29-40-33(4)37(26-27-46(57)58)49(54-40)38-28-45(56)48-34(5)41(55-50(38)48)30-43-36(8-2)32(3)39(52-43)31-44(51)53-42;/h29-31,33,37H,7-28H2,1-6H3,(H3,52,53,54,55,56,57,58);/q;+2/p-2/t33-,37-;/m0./s1. The van der Waals surface area contributed by atoms with E-state index < -0.39 is 5.97 Å². The van der Waals surface area contributed by atoms with Crippen molar-refractivity contribution in [1.29, 1.82) is 0 Å². The number of carboxylic acids is 1. The van der Waals surface area contributed by atoms with E-state index in [2.05, 4.69) is 27.7 Å². The van der Waals surface area contributed by atoms with E-state index in [0.717, 1.165) is 76.4 Å². The number of nitrogens with zero attached hydrogens (tertiary/aromatic N) is 4. The maximum atomic E-state index is 13.6. The number of fused-ring (bicyclic) bond motifs is 5. The van der Waals surface area contributed by atoms with Gasteiger partial charge in [-0.25, -0.2) is 9.98 Å². The summed E-state index contributed by atoms with van der Waals surface area (Å²) < 4.78 is 6.18. The Labute approximate surface area is 374 Å². The van der Waals surface area contributed by atoms with Crippen LogP contribution in [-0.4, -0.2) is 34.2 Å². The fourth-order valence-corrected chi connectivity index (χ4v) is 9.53. The van der Waals surface area contributed by atoms with Gasteiger partial charge in [-0.3, -0.25) is 14.6 Å². The zero-order valence-electron chi connectivity index (χ0n) is 37.6. The molecule has 0 spiro atoms. The van der Waals surface area contributed by atoms with Crippen LogP contribution in [0.1, 0.15) is 187 Å². The maximum absolute atomic E-state index is 13.6. The molecule has 61 heavy (non-hydrogen) atoms. The molecule has 2 atom stereocenters. The van der Waals surface area contributed by atoms with Crippen molar-refractivity contribution in [2.24, 2.45) is 26.8 Å². The van der Waals surface area contributed by atoms with Crippen molar-refractivity contribution in [3.8, 4) is 0 Å². The van der Waals surface area contributed by atoms with E-state index in [-0.39, 0.29) is 52.9 Å². The number of aromatic nitrogens is 1. The third-order valence-corrected chi connectivity index (χ3v) is 13.3. The monoisotopic (exact) mass is 874 g/mol. The van der Waals surface area contributed by atoms with Crippen LogP contribution in [0, 0.1) is 18.8 Å². The van der Waals surface area contributed by atoms with Gasteiger partial charge in [0.05, 0.1) is 17.1 Å². The van der Waals surface area contributed by atoms with E-state index >= 15 is 0 Å². The fraction of sp³-hybridized carbons (Fsp3) is 0.588. The second-order valence-corrected chi connectivity index (χ2v) is 17.7. The van der Waals surface area contributed by atoms with Crippen molar-refractivity contribution < 1.29 is 41.0 Å². The number of carboxylic acid groups (broad SMARTS) is 1. The molecule has 1 aromatic rings. The minimum atomic E-state index is -0.872. The summed E-state index contributed by atoms with van der Waals surface area (Å²) in [7, 11) is 0. The van der Waals surface area contributed by atoms with Crippen molar-refractivity contribution in [3.63, 3.8) is 0 Å². The molecule has 4 aliphatic heterocycles. The Kier molecular flexibility index (Phi) is 18.0. The third-order valence-electron chi connectivity index (χ3n) is 13.3. The number of aliphatic carboxylic acids is 1. The molecule has 0 unspecified atom stereocenters. The van der Waals surface area contributed by atoms with Gasteiger partial charge in [0.2, 0.25) is 0 Å². The summed E-state index contributed by atoms with van der Waals surface area (Å²) in [4.78, 5) is 45.5. The summed E-state index contributed by atoms with van der Waals surface area (Å²) in [6.07, 6.45) is 29.3. The quantitative estimate of drug-likeness (QED) is 0.0660. The number of esters is 1. The Morgan fingerprint density at radius 3 is 1.93 bits per heavy atom. The van der Waals surface area contributed by atoms with Gasteiger partial charge in [0.15, 0.2) is 5.76 Å². The van der Waals surface area contributed by atoms with Crippen LogP contribution in [0.15, 0.2) is 66.7 Å². The number of carbonyl (C=O) groups is 2. The molecule has 0 radical (unpaired) electrons. The summed E-state index contributed by atoms with van der Waals surface area (Å²) in [5.74, 6) is -1.04. The molecule has 1 aliphatic carbocycles. The van der Waals surface area contributed by atoms with Crippen LogP contribution in [-0.2, 0) is 30.8 Å². The minimum absolute atomic E-state index is 0. The SMILES string of the molecule is CCCCCCCCCCCCCCCCCCCC(=O)OC1=C(C)C2=NC1=CC1=NC(=Cc3[n-]c4c(c3C)=C([O-])CC=4C3=NC(=C2)[C@@H](C)[C@@H]3CCC(=O)O)C(CC)=C1C.[Ni+2]. The molecule has 0 aromatic carbocycles. The van der Waals surface area contributed by atoms with Crippen molar-refractivity contribution in [2.75, 3.05) is 0 Å². The van der Waals surface area contributed by atoms with Crippen molar-refractivity contribution in [2.45, 2.75) is 183 Å². The first-order valence-electron chi connectivity index (χ1n) is 23.3. The second-order valence-electron chi connectivity index (χ2n) is 17.7. The molecular formula is C51H68N4NiO5. The van der Waals surface area contributed by atoms with Crippen LogP contribution in [0.2, 0.25) is 0 Å². The first-order chi connectivity index (χ1) is 29.0. The Balaban J connectivity index is 0.00000704. The van der Waals surface area contributed by atoms with Gasteiger partial charge in [-0.05, 0) is 80.5 Å². The molecule has 8 bridgehead atoms. The summed E-state index contributed by atoms with van der Waals surface area (Å²) in [5, 5.41) is 24.5. The smallest absolute Gasteiger partial charge is 0.875 e. The number of ether oxygens (including phenoxy) is 1. The fourth-order valence-electron chi connectivity index (χ4n) is 9.53. The van der Waals surface area contributed by atoms with Crippen LogP contribution < -0.4 is 20.7 Å². The van der Waals surface area contributed by atoms with Gasteiger partial charge in [-0.1, -0.05) is 135 Å². The normalized spacial score (nSPS) is 19.2. The largest absolute Gasteiger partial charge is 2.00 e. The minimum Gasteiger partial charge on any atom is -0.875 e. The number of carbonyl (C=O) groups excluding carboxylic acids is 1. The van der Waals surface area contributed by atoms with Gasteiger partial charge in [-0.2, -0.15) is 0 Å². The average molecular weight is 876 g/mol. The number of rotatable bonds is 23. The number of hydrogen-bond acceptors (Lipinski definition) is 7. The molecule has 0 saturated heterocycles. The second kappa shape index (κ2) is 22.9. The van der Waals surface area contributed by atoms with Gasteiger partial charge < -0.3 is 19.9 Å². The van der Waals surface area contributed by atoms with Crippen molar-refractivity contribution in [3.05, 3.63) is 73.5 Å². The van der Waals surface area contributed by atoms with E-state index in [1.165, 1.54) is 89.9 Å². The van der Waals surface area contributed by atoms with Crippen LogP contribution in [0.3, 0.4) is 0 Å². The molecule has 0 saturated carbocycles. The van der Waals surface area contributed by atoms with Crippen molar-refractivity contribution in [1.82, 2.24) is 4.98 Å². The molecule has 1 aromatic heterocycles. The predicted molar refractivity (Wildman–Crippen MR) is 242 cm³/mol. The molecule has 6 rings (SSSR count). The number of unbranched alkanes of at least 4 members (excludes halogenated alkanes) is 16. The van der Waals surface area contributed by atoms with Gasteiger partial charge in [-0.15, -0.1) is 16.8 Å². The van der Waals surface area contributed by atoms with E-state index in [9.17, 15) is 19.8 Å². The summed E-state index contributed by atoms with van der Waals surface area (Å²) in [5.41, 5.74) is 9.33. The molecule has 9 nitrogen and oxygen atoms in total. The van der Waals surface area contributed by atoms with Gasteiger partial charge >= 0.3 is 28.4 Å². The van der Waals surface area contributed by atoms with E-state index in [1.807, 2.05) is 32.1 Å². The van der Waals surface area contributed by atoms with Gasteiger partial charge in [0.1, 0.15) is 5.70 Å². The van der Waals surface area contributed by atoms with Crippen molar-refractivity contribution >= 4 is 46.5 Å². The average Bonchev–Trinajstić information content (AvgIpc) is 3.97. The van der Waals surface area contributed by atoms with Gasteiger partial charge in [0, 0.05) is 41.7 Å². The Morgan fingerprint density at radius 1 is 0.770 bits per heavy atom. The van der Waals surface area contributed by atoms with Crippen LogP contribution >= 0.6 is 0 Å². The summed E-state index contributed by atoms with van der Waals surface area (Å²) >= 11 is 0. The third kappa shape index (κ3) is 11.7. The molecule has 1 N–H and O–H groups in total. The van der Waals surface area contributed by atoms with Crippen LogP contribution in [0.4, 0.5) is 0 Å². The molecule has 0 fully saturated rings. The Hall–Kier alpha value is -4.04. The summed E-state index contributed by atoms with van der Waals surface area (Å²) in [6.45, 7) is 12.3. The molecule has 5 heterocycles. The molecular weight excluding hydrogens is 807 g/mol. The number of hydrogen-bond donors (Lipinski definition) is 1. The summed E-state index contributed by atoms with van der Waals surface area (Å²) in [6, 6.07) is 0. The first-order valence-corrected chi connectivity index (χ1v) is 23.3. The zero-order valence-corrected chi connectivity index (χ0v) is 38.6.